The fraction of sp³-hybridized carbons (Fsp3) is 0.636. The van der Waals surface area contributed by atoms with Gasteiger partial charge in [0.1, 0.15) is 22.4 Å². The van der Waals surface area contributed by atoms with Crippen molar-refractivity contribution < 1.29 is 0 Å². The van der Waals surface area contributed by atoms with E-state index in [-0.39, 0.29) is 0 Å². The highest BCUT2D eigenvalue weighted by molar-refractivity contribution is 9.10. The summed E-state index contributed by atoms with van der Waals surface area (Å²) < 4.78 is 0.937. The summed E-state index contributed by atoms with van der Waals surface area (Å²) in [5.74, 6) is 1.80. The van der Waals surface area contributed by atoms with E-state index in [2.05, 4.69) is 56.9 Å². The summed E-state index contributed by atoms with van der Waals surface area (Å²) in [6.07, 6.45) is 1.60. The van der Waals surface area contributed by atoms with Crippen LogP contribution in [0, 0.1) is 0 Å². The largest absolute Gasteiger partial charge is 0.369 e. The molecule has 0 bridgehead atoms. The van der Waals surface area contributed by atoms with E-state index in [4.69, 9.17) is 0 Å². The smallest absolute Gasteiger partial charge is 0.148 e. The average molecular weight is 287 g/mol. The standard InChI is InChI=1S/C11H19BrN4/c1-5-13-10-9(12)11(15-7-14-10)16(6-2)8(3)4/h7-8H,5-6H2,1-4H3,(H,13,14,15). The molecular weight excluding hydrogens is 268 g/mol. The SMILES string of the molecule is CCNc1ncnc(N(CC)C(C)C)c1Br. The first-order valence-corrected chi connectivity index (χ1v) is 6.42. The predicted octanol–water partition coefficient (Wildman–Crippen LogP) is 2.91. The molecule has 0 spiro atoms. The first-order valence-electron chi connectivity index (χ1n) is 5.62. The molecule has 0 unspecified atom stereocenters. The van der Waals surface area contributed by atoms with Crippen molar-refractivity contribution in [2.75, 3.05) is 23.3 Å². The highest BCUT2D eigenvalue weighted by Crippen LogP contribution is 2.30. The van der Waals surface area contributed by atoms with Gasteiger partial charge in [0.15, 0.2) is 0 Å². The number of nitrogens with one attached hydrogen (secondary N) is 1. The molecule has 1 N–H and O–H groups in total. The third-order valence-electron chi connectivity index (χ3n) is 2.35. The Hall–Kier alpha value is -0.840. The summed E-state index contributed by atoms with van der Waals surface area (Å²) >= 11 is 3.56. The number of nitrogens with zero attached hydrogens (tertiary/aromatic N) is 3. The minimum Gasteiger partial charge on any atom is -0.369 e. The Morgan fingerprint density at radius 3 is 2.56 bits per heavy atom. The zero-order valence-electron chi connectivity index (χ0n) is 10.3. The first kappa shape index (κ1) is 13.2. The van der Waals surface area contributed by atoms with E-state index in [1.165, 1.54) is 0 Å². The van der Waals surface area contributed by atoms with Gasteiger partial charge in [-0.05, 0) is 43.6 Å². The second-order valence-electron chi connectivity index (χ2n) is 3.77. The monoisotopic (exact) mass is 286 g/mol. The highest BCUT2D eigenvalue weighted by atomic mass is 79.9. The van der Waals surface area contributed by atoms with Crippen molar-refractivity contribution in [3.63, 3.8) is 0 Å². The van der Waals surface area contributed by atoms with Crippen LogP contribution in [0.3, 0.4) is 0 Å². The van der Waals surface area contributed by atoms with Crippen molar-refractivity contribution in [2.24, 2.45) is 0 Å². The Labute approximate surface area is 106 Å². The molecule has 0 amide bonds. The molecule has 0 aromatic carbocycles. The Bertz CT molecular complexity index is 341. The van der Waals surface area contributed by atoms with Crippen LogP contribution in [0.4, 0.5) is 11.6 Å². The zero-order valence-corrected chi connectivity index (χ0v) is 11.9. The molecule has 0 saturated heterocycles. The van der Waals surface area contributed by atoms with E-state index in [0.29, 0.717) is 6.04 Å². The number of hydrogen-bond acceptors (Lipinski definition) is 4. The molecule has 0 radical (unpaired) electrons. The molecule has 0 saturated carbocycles. The van der Waals surface area contributed by atoms with Crippen LogP contribution in [0.5, 0.6) is 0 Å². The van der Waals surface area contributed by atoms with Crippen LogP contribution in [0.25, 0.3) is 0 Å². The topological polar surface area (TPSA) is 41.1 Å². The van der Waals surface area contributed by atoms with Crippen molar-refractivity contribution in [3.8, 4) is 0 Å². The molecule has 0 fully saturated rings. The van der Waals surface area contributed by atoms with Crippen LogP contribution in [0.1, 0.15) is 27.7 Å². The van der Waals surface area contributed by atoms with Crippen molar-refractivity contribution in [2.45, 2.75) is 33.7 Å². The fourth-order valence-electron chi connectivity index (χ4n) is 1.61. The molecule has 1 rings (SSSR count). The van der Waals surface area contributed by atoms with Gasteiger partial charge in [-0.2, -0.15) is 0 Å². The second-order valence-corrected chi connectivity index (χ2v) is 4.56. The summed E-state index contributed by atoms with van der Waals surface area (Å²) in [6.45, 7) is 10.3. The van der Waals surface area contributed by atoms with Gasteiger partial charge in [0, 0.05) is 19.1 Å². The maximum Gasteiger partial charge on any atom is 0.148 e. The lowest BCUT2D eigenvalue weighted by Gasteiger charge is -2.27. The molecule has 1 aromatic heterocycles. The number of halogens is 1. The van der Waals surface area contributed by atoms with Gasteiger partial charge in [-0.15, -0.1) is 0 Å². The average Bonchev–Trinajstić information content (AvgIpc) is 2.24. The fourth-order valence-corrected chi connectivity index (χ4v) is 2.18. The molecule has 0 aliphatic carbocycles. The van der Waals surface area contributed by atoms with E-state index in [1.807, 2.05) is 6.92 Å². The summed E-state index contributed by atoms with van der Waals surface area (Å²) in [6, 6.07) is 0.422. The summed E-state index contributed by atoms with van der Waals surface area (Å²) in [5.41, 5.74) is 0. The minimum absolute atomic E-state index is 0.422. The van der Waals surface area contributed by atoms with Crippen molar-refractivity contribution in [1.82, 2.24) is 9.97 Å². The normalized spacial score (nSPS) is 10.6. The predicted molar refractivity (Wildman–Crippen MR) is 72.1 cm³/mol. The molecule has 5 heteroatoms. The van der Waals surface area contributed by atoms with Gasteiger partial charge < -0.3 is 10.2 Å². The van der Waals surface area contributed by atoms with E-state index < -0.39 is 0 Å². The second kappa shape index (κ2) is 6.03. The quantitative estimate of drug-likeness (QED) is 0.904. The van der Waals surface area contributed by atoms with E-state index >= 15 is 0 Å². The first-order chi connectivity index (χ1) is 7.61. The molecule has 4 nitrogen and oxygen atoms in total. The van der Waals surface area contributed by atoms with Gasteiger partial charge in [0.25, 0.3) is 0 Å². The molecule has 1 aromatic rings. The van der Waals surface area contributed by atoms with Crippen molar-refractivity contribution >= 4 is 27.6 Å². The van der Waals surface area contributed by atoms with E-state index in [0.717, 1.165) is 29.2 Å². The van der Waals surface area contributed by atoms with Gasteiger partial charge >= 0.3 is 0 Å². The Morgan fingerprint density at radius 2 is 2.06 bits per heavy atom. The molecule has 16 heavy (non-hydrogen) atoms. The van der Waals surface area contributed by atoms with Crippen LogP contribution in [0.2, 0.25) is 0 Å². The number of aromatic nitrogens is 2. The molecule has 90 valence electrons. The van der Waals surface area contributed by atoms with Gasteiger partial charge in [-0.1, -0.05) is 0 Å². The highest BCUT2D eigenvalue weighted by Gasteiger charge is 2.16. The summed E-state index contributed by atoms with van der Waals surface area (Å²) in [4.78, 5) is 10.8. The molecule has 0 aliphatic rings. The van der Waals surface area contributed by atoms with Gasteiger partial charge in [-0.25, -0.2) is 9.97 Å². The Balaban J connectivity index is 3.08. The third kappa shape index (κ3) is 2.84. The summed E-state index contributed by atoms with van der Waals surface area (Å²) in [5, 5.41) is 3.21. The lowest BCUT2D eigenvalue weighted by atomic mass is 10.3. The molecular formula is C11H19BrN4. The van der Waals surface area contributed by atoms with Gasteiger partial charge in [-0.3, -0.25) is 0 Å². The van der Waals surface area contributed by atoms with E-state index in [1.54, 1.807) is 6.33 Å². The molecule has 0 atom stereocenters. The van der Waals surface area contributed by atoms with E-state index in [9.17, 15) is 0 Å². The lowest BCUT2D eigenvalue weighted by molar-refractivity contribution is 0.690. The molecule has 0 aliphatic heterocycles. The minimum atomic E-state index is 0.422. The van der Waals surface area contributed by atoms with Crippen molar-refractivity contribution in [1.29, 1.82) is 0 Å². The summed E-state index contributed by atoms with van der Waals surface area (Å²) in [7, 11) is 0. The maximum absolute atomic E-state index is 4.34. The maximum atomic E-state index is 4.34. The van der Waals surface area contributed by atoms with Crippen LogP contribution < -0.4 is 10.2 Å². The van der Waals surface area contributed by atoms with Crippen molar-refractivity contribution in [3.05, 3.63) is 10.8 Å². The van der Waals surface area contributed by atoms with Gasteiger partial charge in [0.2, 0.25) is 0 Å². The van der Waals surface area contributed by atoms with Crippen LogP contribution in [-0.4, -0.2) is 29.1 Å². The number of hydrogen-bond donors (Lipinski definition) is 1. The van der Waals surface area contributed by atoms with Crippen LogP contribution in [0.15, 0.2) is 10.8 Å². The lowest BCUT2D eigenvalue weighted by Crippen LogP contribution is -2.31. The van der Waals surface area contributed by atoms with Crippen LogP contribution >= 0.6 is 15.9 Å². The number of anilines is 2. The van der Waals surface area contributed by atoms with Gasteiger partial charge in [0.05, 0.1) is 0 Å². The Morgan fingerprint density at radius 1 is 1.38 bits per heavy atom. The zero-order chi connectivity index (χ0) is 12.1. The number of rotatable bonds is 5. The molecule has 1 heterocycles. The Kier molecular flexibility index (Phi) is 4.99. The van der Waals surface area contributed by atoms with Crippen LogP contribution in [-0.2, 0) is 0 Å². The third-order valence-corrected chi connectivity index (χ3v) is 3.08.